The van der Waals surface area contributed by atoms with E-state index in [0.717, 1.165) is 0 Å². The van der Waals surface area contributed by atoms with Gasteiger partial charge in [-0.1, -0.05) is 11.6 Å². The molecule has 0 unspecified atom stereocenters. The average molecular weight is 313 g/mol. The number of hydrogen-bond acceptors (Lipinski definition) is 5. The number of aryl methyl sites for hydroxylation is 2. The van der Waals surface area contributed by atoms with Crippen molar-refractivity contribution in [1.82, 2.24) is 24.9 Å². The first-order chi connectivity index (χ1) is 9.97. The fourth-order valence-electron chi connectivity index (χ4n) is 1.69. The molecule has 0 saturated carbocycles. The second-order valence-corrected chi connectivity index (χ2v) is 4.69. The number of nitrogens with zero attached hydrogens (tertiary/aromatic N) is 5. The first kappa shape index (κ1) is 15.0. The van der Waals surface area contributed by atoms with Gasteiger partial charge in [0, 0.05) is 13.5 Å². The van der Waals surface area contributed by atoms with Crippen molar-refractivity contribution in [2.45, 2.75) is 19.5 Å². The van der Waals surface area contributed by atoms with Crippen molar-refractivity contribution in [3.05, 3.63) is 39.3 Å². The molecule has 0 bridgehead atoms. The Hall–Kier alpha value is -2.42. The van der Waals surface area contributed by atoms with Crippen molar-refractivity contribution in [3.63, 3.8) is 0 Å². The number of hydrogen-bond donors (Lipinski definition) is 1. The molecule has 0 fully saturated rings. The van der Waals surface area contributed by atoms with Gasteiger partial charge in [0.2, 0.25) is 5.91 Å². The van der Waals surface area contributed by atoms with Gasteiger partial charge in [0.1, 0.15) is 0 Å². The summed E-state index contributed by atoms with van der Waals surface area (Å²) in [4.78, 5) is 21.6. The molecule has 112 valence electrons. The number of nitrogens with one attached hydrogen (secondary N) is 1. The molecule has 0 aliphatic rings. The first-order valence-corrected chi connectivity index (χ1v) is 6.46. The van der Waals surface area contributed by atoms with Crippen LogP contribution >= 0.6 is 11.6 Å². The van der Waals surface area contributed by atoms with E-state index in [9.17, 15) is 14.9 Å². The topological polar surface area (TPSA) is 108 Å². The fraction of sp³-hybridized carbons (Fsp3) is 0.364. The van der Waals surface area contributed by atoms with Crippen molar-refractivity contribution < 1.29 is 9.72 Å². The Labute approximate surface area is 124 Å². The van der Waals surface area contributed by atoms with Crippen molar-refractivity contribution in [1.29, 1.82) is 0 Å². The number of amides is 1. The third kappa shape index (κ3) is 3.78. The molecule has 0 atom stereocenters. The van der Waals surface area contributed by atoms with Crippen LogP contribution in [0.3, 0.4) is 0 Å². The van der Waals surface area contributed by atoms with Crippen molar-refractivity contribution >= 4 is 23.3 Å². The standard InChI is InChI=1S/C11H13ClN6O3/c1-16-9(8(12)6-14-16)7-13-11(19)3-5-17-4-2-10(15-17)18(20)21/h2,4,6H,3,5,7H2,1H3,(H,13,19). The van der Waals surface area contributed by atoms with Gasteiger partial charge in [-0.15, -0.1) is 0 Å². The van der Waals surface area contributed by atoms with E-state index in [1.54, 1.807) is 11.7 Å². The van der Waals surface area contributed by atoms with E-state index in [2.05, 4.69) is 15.5 Å². The Morgan fingerprint density at radius 3 is 2.90 bits per heavy atom. The minimum Gasteiger partial charge on any atom is -0.358 e. The molecule has 10 heteroatoms. The second kappa shape index (κ2) is 6.35. The van der Waals surface area contributed by atoms with Gasteiger partial charge in [-0.05, 0) is 4.92 Å². The Balaban J connectivity index is 1.81. The third-order valence-corrected chi connectivity index (χ3v) is 3.16. The van der Waals surface area contributed by atoms with E-state index in [-0.39, 0.29) is 31.2 Å². The second-order valence-electron chi connectivity index (χ2n) is 4.28. The summed E-state index contributed by atoms with van der Waals surface area (Å²) in [6.45, 7) is 0.534. The van der Waals surface area contributed by atoms with Gasteiger partial charge in [-0.3, -0.25) is 9.48 Å². The minimum atomic E-state index is -0.582. The molecular formula is C11H13ClN6O3. The first-order valence-electron chi connectivity index (χ1n) is 6.08. The summed E-state index contributed by atoms with van der Waals surface area (Å²) in [5.41, 5.74) is 0.708. The molecule has 2 heterocycles. The van der Waals surface area contributed by atoms with Crippen LogP contribution in [0, 0.1) is 10.1 Å². The SMILES string of the molecule is Cn1ncc(Cl)c1CNC(=O)CCn1ccc([N+](=O)[O-])n1. The number of carbonyl (C=O) groups excluding carboxylic acids is 1. The van der Waals surface area contributed by atoms with E-state index in [1.807, 2.05) is 0 Å². The minimum absolute atomic E-state index is 0.161. The third-order valence-electron chi connectivity index (χ3n) is 2.85. The van der Waals surface area contributed by atoms with Gasteiger partial charge in [0.15, 0.2) is 0 Å². The lowest BCUT2D eigenvalue weighted by Gasteiger charge is -2.05. The molecular weight excluding hydrogens is 300 g/mol. The lowest BCUT2D eigenvalue weighted by molar-refractivity contribution is -0.389. The van der Waals surface area contributed by atoms with Gasteiger partial charge in [-0.2, -0.15) is 9.78 Å². The predicted octanol–water partition coefficient (Wildman–Crippen LogP) is 0.885. The molecule has 0 aliphatic carbocycles. The molecule has 0 aromatic carbocycles. The van der Waals surface area contributed by atoms with Crippen LogP contribution in [0.25, 0.3) is 0 Å². The lowest BCUT2D eigenvalue weighted by Crippen LogP contribution is -2.25. The van der Waals surface area contributed by atoms with Crippen molar-refractivity contribution in [2.75, 3.05) is 0 Å². The quantitative estimate of drug-likeness (QED) is 0.629. The summed E-state index contributed by atoms with van der Waals surface area (Å²) in [5, 5.41) is 21.4. The Morgan fingerprint density at radius 2 is 2.33 bits per heavy atom. The van der Waals surface area contributed by atoms with Gasteiger partial charge < -0.3 is 15.4 Å². The molecule has 9 nitrogen and oxygen atoms in total. The molecule has 2 rings (SSSR count). The largest absolute Gasteiger partial charge is 0.389 e. The highest BCUT2D eigenvalue weighted by Gasteiger charge is 2.12. The number of aromatic nitrogens is 4. The van der Waals surface area contributed by atoms with Crippen LogP contribution in [0.1, 0.15) is 12.1 Å². The Kier molecular flexibility index (Phi) is 4.53. The number of nitro groups is 1. The highest BCUT2D eigenvalue weighted by molar-refractivity contribution is 6.31. The maximum Gasteiger partial charge on any atom is 0.389 e. The number of rotatable bonds is 6. The molecule has 21 heavy (non-hydrogen) atoms. The number of carbonyl (C=O) groups is 1. The normalized spacial score (nSPS) is 10.6. The number of halogens is 1. The summed E-state index contributed by atoms with van der Waals surface area (Å²) >= 11 is 5.92. The zero-order valence-electron chi connectivity index (χ0n) is 11.2. The fourth-order valence-corrected chi connectivity index (χ4v) is 1.93. The monoisotopic (exact) mass is 312 g/mol. The van der Waals surface area contributed by atoms with Crippen LogP contribution in [0.5, 0.6) is 0 Å². The van der Waals surface area contributed by atoms with E-state index >= 15 is 0 Å². The van der Waals surface area contributed by atoms with Gasteiger partial charge >= 0.3 is 5.82 Å². The van der Waals surface area contributed by atoms with E-state index < -0.39 is 4.92 Å². The van der Waals surface area contributed by atoms with Gasteiger partial charge in [-0.25, -0.2) is 0 Å². The maximum atomic E-state index is 11.7. The zero-order valence-corrected chi connectivity index (χ0v) is 11.9. The van der Waals surface area contributed by atoms with Crippen LogP contribution in [0.2, 0.25) is 5.02 Å². The van der Waals surface area contributed by atoms with Gasteiger partial charge in [0.05, 0.1) is 47.4 Å². The maximum absolute atomic E-state index is 11.7. The summed E-state index contributed by atoms with van der Waals surface area (Å²) < 4.78 is 2.94. The molecule has 0 radical (unpaired) electrons. The van der Waals surface area contributed by atoms with E-state index in [4.69, 9.17) is 11.6 Å². The molecule has 2 aromatic heterocycles. The molecule has 2 aromatic rings. The van der Waals surface area contributed by atoms with Crippen LogP contribution in [-0.2, 0) is 24.9 Å². The van der Waals surface area contributed by atoms with Crippen LogP contribution in [-0.4, -0.2) is 30.4 Å². The van der Waals surface area contributed by atoms with E-state index in [0.29, 0.717) is 10.7 Å². The molecule has 0 saturated heterocycles. The Morgan fingerprint density at radius 1 is 1.57 bits per heavy atom. The summed E-state index contributed by atoms with van der Waals surface area (Å²) in [7, 11) is 1.73. The Bertz CT molecular complexity index is 645. The summed E-state index contributed by atoms with van der Waals surface area (Å²) in [5.74, 6) is -0.442. The summed E-state index contributed by atoms with van der Waals surface area (Å²) in [6, 6.07) is 1.29. The zero-order chi connectivity index (χ0) is 15.4. The van der Waals surface area contributed by atoms with Crippen molar-refractivity contribution in [3.8, 4) is 0 Å². The highest BCUT2D eigenvalue weighted by atomic mass is 35.5. The molecule has 0 spiro atoms. The molecule has 0 aliphatic heterocycles. The smallest absolute Gasteiger partial charge is 0.358 e. The average Bonchev–Trinajstić information content (AvgIpc) is 3.03. The molecule has 1 N–H and O–H groups in total. The van der Waals surface area contributed by atoms with Crippen molar-refractivity contribution in [2.24, 2.45) is 7.05 Å². The van der Waals surface area contributed by atoms with Crippen LogP contribution < -0.4 is 5.32 Å². The predicted molar refractivity (Wildman–Crippen MR) is 73.6 cm³/mol. The van der Waals surface area contributed by atoms with E-state index in [1.165, 1.54) is 23.1 Å². The molecule has 1 amide bonds. The van der Waals surface area contributed by atoms with Crippen LogP contribution in [0.4, 0.5) is 5.82 Å². The lowest BCUT2D eigenvalue weighted by atomic mass is 10.3. The summed E-state index contributed by atoms with van der Waals surface area (Å²) in [6.07, 6.45) is 3.13. The van der Waals surface area contributed by atoms with Gasteiger partial charge in [0.25, 0.3) is 0 Å². The highest BCUT2D eigenvalue weighted by Crippen LogP contribution is 2.13. The van der Waals surface area contributed by atoms with Crippen LogP contribution in [0.15, 0.2) is 18.5 Å².